The van der Waals surface area contributed by atoms with Gasteiger partial charge in [-0.15, -0.1) is 0 Å². The topological polar surface area (TPSA) is 26.3 Å². The maximum atomic E-state index is 11.9. The van der Waals surface area contributed by atoms with Gasteiger partial charge in [0.25, 0.3) is 0 Å². The number of hydrogen-bond donors (Lipinski definition) is 0. The predicted molar refractivity (Wildman–Crippen MR) is 68.7 cm³/mol. The van der Waals surface area contributed by atoms with Crippen LogP contribution in [0.15, 0.2) is 0 Å². The average Bonchev–Trinajstić information content (AvgIpc) is 2.39. The molecule has 2 rings (SSSR count). The highest BCUT2D eigenvalue weighted by Crippen LogP contribution is 2.29. The van der Waals surface area contributed by atoms with Gasteiger partial charge in [-0.3, -0.25) is 4.79 Å². The normalized spacial score (nSPS) is 31.1. The van der Waals surface area contributed by atoms with Crippen molar-refractivity contribution in [3.63, 3.8) is 0 Å². The summed E-state index contributed by atoms with van der Waals surface area (Å²) in [5, 5.41) is 0. The van der Waals surface area contributed by atoms with Gasteiger partial charge in [0, 0.05) is 0 Å². The first-order chi connectivity index (χ1) is 8.25. The molecule has 0 heterocycles. The van der Waals surface area contributed by atoms with Gasteiger partial charge < -0.3 is 4.74 Å². The van der Waals surface area contributed by atoms with Gasteiger partial charge in [-0.1, -0.05) is 39.0 Å². The monoisotopic (exact) mass is 238 g/mol. The van der Waals surface area contributed by atoms with E-state index < -0.39 is 0 Å². The molecule has 98 valence electrons. The molecule has 0 unspecified atom stereocenters. The van der Waals surface area contributed by atoms with Crippen LogP contribution in [0.5, 0.6) is 0 Å². The van der Waals surface area contributed by atoms with Gasteiger partial charge in [0.05, 0.1) is 12.5 Å². The second kappa shape index (κ2) is 6.42. The minimum Gasteiger partial charge on any atom is -0.465 e. The van der Waals surface area contributed by atoms with Gasteiger partial charge in [0.15, 0.2) is 0 Å². The van der Waals surface area contributed by atoms with Crippen molar-refractivity contribution >= 4 is 5.97 Å². The molecule has 2 saturated carbocycles. The van der Waals surface area contributed by atoms with Crippen LogP contribution >= 0.6 is 0 Å². The summed E-state index contributed by atoms with van der Waals surface area (Å²) < 4.78 is 5.52. The van der Waals surface area contributed by atoms with Crippen LogP contribution < -0.4 is 0 Å². The van der Waals surface area contributed by atoms with Crippen molar-refractivity contribution in [2.45, 2.75) is 64.7 Å². The number of carbonyl (C=O) groups is 1. The quantitative estimate of drug-likeness (QED) is 0.696. The predicted octanol–water partition coefficient (Wildman–Crippen LogP) is 3.94. The van der Waals surface area contributed by atoms with Crippen LogP contribution in [0.3, 0.4) is 0 Å². The molecule has 2 nitrogen and oxygen atoms in total. The maximum absolute atomic E-state index is 11.9. The second-order valence-corrected chi connectivity index (χ2v) is 6.09. The van der Waals surface area contributed by atoms with Crippen molar-refractivity contribution in [2.75, 3.05) is 6.61 Å². The van der Waals surface area contributed by atoms with E-state index in [1.54, 1.807) is 0 Å². The lowest BCUT2D eigenvalue weighted by molar-refractivity contribution is -0.151. The number of esters is 1. The fourth-order valence-corrected chi connectivity index (χ4v) is 3.15. The summed E-state index contributed by atoms with van der Waals surface area (Å²) in [5.74, 6) is 1.81. The molecule has 2 aliphatic carbocycles. The molecule has 0 spiro atoms. The van der Waals surface area contributed by atoms with Gasteiger partial charge in [-0.05, 0) is 37.5 Å². The Balaban J connectivity index is 1.65. The SMILES string of the molecule is CC1CCC(COC(=O)C2CCCCC2)CC1. The average molecular weight is 238 g/mol. The first-order valence-electron chi connectivity index (χ1n) is 7.42. The van der Waals surface area contributed by atoms with E-state index in [1.165, 1.54) is 44.9 Å². The van der Waals surface area contributed by atoms with Crippen molar-refractivity contribution in [3.8, 4) is 0 Å². The van der Waals surface area contributed by atoms with Crippen LogP contribution in [0.25, 0.3) is 0 Å². The van der Waals surface area contributed by atoms with Crippen molar-refractivity contribution in [1.29, 1.82) is 0 Å². The Kier molecular flexibility index (Phi) is 4.87. The molecule has 0 aromatic heterocycles. The molecule has 0 aromatic rings. The standard InChI is InChI=1S/C15H26O2/c1-12-7-9-13(10-8-12)11-17-15(16)14-5-3-2-4-6-14/h12-14H,2-11H2,1H3. The molecule has 0 amide bonds. The van der Waals surface area contributed by atoms with Gasteiger partial charge in [0.2, 0.25) is 0 Å². The molecular weight excluding hydrogens is 212 g/mol. The Hall–Kier alpha value is -0.530. The third-order valence-electron chi connectivity index (χ3n) is 4.54. The van der Waals surface area contributed by atoms with Crippen molar-refractivity contribution < 1.29 is 9.53 Å². The summed E-state index contributed by atoms with van der Waals surface area (Å²) in [6.45, 7) is 3.01. The Morgan fingerprint density at radius 1 is 1.00 bits per heavy atom. The number of ether oxygens (including phenoxy) is 1. The lowest BCUT2D eigenvalue weighted by Gasteiger charge is -2.27. The highest BCUT2D eigenvalue weighted by molar-refractivity contribution is 5.72. The Morgan fingerprint density at radius 3 is 2.29 bits per heavy atom. The molecular formula is C15H26O2. The molecule has 0 bridgehead atoms. The van der Waals surface area contributed by atoms with Gasteiger partial charge in [-0.2, -0.15) is 0 Å². The summed E-state index contributed by atoms with van der Waals surface area (Å²) >= 11 is 0. The van der Waals surface area contributed by atoms with Crippen LogP contribution in [-0.2, 0) is 9.53 Å². The third kappa shape index (κ3) is 4.01. The Morgan fingerprint density at radius 2 is 1.65 bits per heavy atom. The molecule has 2 fully saturated rings. The molecule has 0 aromatic carbocycles. The van der Waals surface area contributed by atoms with Crippen LogP contribution in [0.1, 0.15) is 64.7 Å². The molecule has 0 atom stereocenters. The highest BCUT2D eigenvalue weighted by Gasteiger charge is 2.24. The van der Waals surface area contributed by atoms with Gasteiger partial charge in [0.1, 0.15) is 0 Å². The molecule has 2 aliphatic rings. The molecule has 0 N–H and O–H groups in total. The van der Waals surface area contributed by atoms with Crippen LogP contribution in [0, 0.1) is 17.8 Å². The second-order valence-electron chi connectivity index (χ2n) is 6.09. The number of hydrogen-bond acceptors (Lipinski definition) is 2. The fourth-order valence-electron chi connectivity index (χ4n) is 3.15. The molecule has 0 aliphatic heterocycles. The van der Waals surface area contributed by atoms with Crippen molar-refractivity contribution in [3.05, 3.63) is 0 Å². The third-order valence-corrected chi connectivity index (χ3v) is 4.54. The zero-order valence-electron chi connectivity index (χ0n) is 11.1. The van der Waals surface area contributed by atoms with E-state index in [-0.39, 0.29) is 11.9 Å². The van der Waals surface area contributed by atoms with Crippen LogP contribution in [0.2, 0.25) is 0 Å². The molecule has 17 heavy (non-hydrogen) atoms. The van der Waals surface area contributed by atoms with E-state index in [1.807, 2.05) is 0 Å². The summed E-state index contributed by atoms with van der Waals surface area (Å²) in [4.78, 5) is 11.9. The number of rotatable bonds is 3. The molecule has 0 radical (unpaired) electrons. The Labute approximate surface area is 105 Å². The first-order valence-corrected chi connectivity index (χ1v) is 7.42. The van der Waals surface area contributed by atoms with E-state index in [4.69, 9.17) is 4.74 Å². The minimum atomic E-state index is 0.0864. The largest absolute Gasteiger partial charge is 0.465 e. The summed E-state index contributed by atoms with van der Waals surface area (Å²) in [6.07, 6.45) is 10.9. The molecule has 2 heteroatoms. The maximum Gasteiger partial charge on any atom is 0.308 e. The Bertz CT molecular complexity index is 235. The fraction of sp³-hybridized carbons (Fsp3) is 0.933. The smallest absolute Gasteiger partial charge is 0.308 e. The van der Waals surface area contributed by atoms with Gasteiger partial charge >= 0.3 is 5.97 Å². The van der Waals surface area contributed by atoms with E-state index in [0.717, 1.165) is 18.8 Å². The zero-order chi connectivity index (χ0) is 12.1. The van der Waals surface area contributed by atoms with Crippen molar-refractivity contribution in [1.82, 2.24) is 0 Å². The van der Waals surface area contributed by atoms with Gasteiger partial charge in [-0.25, -0.2) is 0 Å². The van der Waals surface area contributed by atoms with E-state index in [2.05, 4.69) is 6.92 Å². The number of carbonyl (C=O) groups excluding carboxylic acids is 1. The lowest BCUT2D eigenvalue weighted by atomic mass is 9.83. The zero-order valence-corrected chi connectivity index (χ0v) is 11.1. The van der Waals surface area contributed by atoms with Crippen LogP contribution in [0.4, 0.5) is 0 Å². The molecule has 0 saturated heterocycles. The lowest BCUT2D eigenvalue weighted by Crippen LogP contribution is -2.24. The van der Waals surface area contributed by atoms with Crippen LogP contribution in [-0.4, -0.2) is 12.6 Å². The summed E-state index contributed by atoms with van der Waals surface area (Å²) in [5.41, 5.74) is 0. The summed E-state index contributed by atoms with van der Waals surface area (Å²) in [7, 11) is 0. The highest BCUT2D eigenvalue weighted by atomic mass is 16.5. The van der Waals surface area contributed by atoms with Crippen molar-refractivity contribution in [2.24, 2.45) is 17.8 Å². The van der Waals surface area contributed by atoms with E-state index in [9.17, 15) is 4.79 Å². The van der Waals surface area contributed by atoms with E-state index >= 15 is 0 Å². The summed E-state index contributed by atoms with van der Waals surface area (Å²) in [6, 6.07) is 0. The first kappa shape index (κ1) is 12.9. The van der Waals surface area contributed by atoms with E-state index in [0.29, 0.717) is 12.5 Å². The minimum absolute atomic E-state index is 0.0864.